The van der Waals surface area contributed by atoms with Gasteiger partial charge in [-0.2, -0.15) is 4.98 Å². The number of rotatable bonds is 5. The number of nitrogens with two attached hydrogens (primary N) is 1. The van der Waals surface area contributed by atoms with E-state index in [1.54, 1.807) is 12.1 Å². The summed E-state index contributed by atoms with van der Waals surface area (Å²) >= 11 is 0. The smallest absolute Gasteiger partial charge is 0.269 e. The quantitative estimate of drug-likeness (QED) is 0.649. The zero-order valence-electron chi connectivity index (χ0n) is 12.9. The van der Waals surface area contributed by atoms with Crippen molar-refractivity contribution in [3.05, 3.63) is 40.3 Å². The largest absolute Gasteiger partial charge is 0.368 e. The minimum Gasteiger partial charge on any atom is -0.368 e. The van der Waals surface area contributed by atoms with Gasteiger partial charge in [0.1, 0.15) is 0 Å². The zero-order valence-corrected chi connectivity index (χ0v) is 12.9. The summed E-state index contributed by atoms with van der Waals surface area (Å²) in [6.07, 6.45) is 2.70. The second kappa shape index (κ2) is 6.75. The molecule has 1 amide bonds. The van der Waals surface area contributed by atoms with Crippen molar-refractivity contribution in [2.75, 3.05) is 6.54 Å². The van der Waals surface area contributed by atoms with Gasteiger partial charge in [-0.1, -0.05) is 11.6 Å². The van der Waals surface area contributed by atoms with Crippen LogP contribution < -0.4 is 5.73 Å². The first-order valence-electron chi connectivity index (χ1n) is 7.65. The van der Waals surface area contributed by atoms with Crippen molar-refractivity contribution in [1.29, 1.82) is 0 Å². The van der Waals surface area contributed by atoms with E-state index < -0.39 is 4.92 Å². The van der Waals surface area contributed by atoms with Crippen LogP contribution in [-0.2, 0) is 11.3 Å². The number of non-ortho nitro benzene ring substituents is 1. The minimum atomic E-state index is -0.467. The molecule has 126 valence electrons. The number of benzene rings is 1. The van der Waals surface area contributed by atoms with Crippen molar-refractivity contribution in [1.82, 2.24) is 15.0 Å². The highest BCUT2D eigenvalue weighted by Gasteiger charge is 2.28. The lowest BCUT2D eigenvalue weighted by Gasteiger charge is -2.32. The van der Waals surface area contributed by atoms with E-state index in [0.29, 0.717) is 23.8 Å². The fourth-order valence-electron chi connectivity index (χ4n) is 2.84. The number of hydrogen-bond donors (Lipinski definition) is 1. The van der Waals surface area contributed by atoms with Crippen LogP contribution in [-0.4, -0.2) is 38.5 Å². The van der Waals surface area contributed by atoms with E-state index in [0.717, 1.165) is 25.8 Å². The van der Waals surface area contributed by atoms with E-state index in [1.165, 1.54) is 12.1 Å². The Hall–Kier alpha value is -2.81. The Bertz CT molecular complexity index is 743. The van der Waals surface area contributed by atoms with Gasteiger partial charge in [-0.3, -0.25) is 19.8 Å². The molecule has 0 saturated carbocycles. The van der Waals surface area contributed by atoms with E-state index in [1.807, 2.05) is 4.90 Å². The molecule has 1 saturated heterocycles. The first-order valence-corrected chi connectivity index (χ1v) is 7.65. The maximum Gasteiger partial charge on any atom is 0.269 e. The Morgan fingerprint density at radius 3 is 2.79 bits per heavy atom. The normalized spacial score (nSPS) is 18.4. The molecule has 9 heteroatoms. The molecule has 9 nitrogen and oxygen atoms in total. The summed E-state index contributed by atoms with van der Waals surface area (Å²) in [5.74, 6) is 0.397. The number of amides is 1. The van der Waals surface area contributed by atoms with Crippen molar-refractivity contribution in [2.45, 2.75) is 31.8 Å². The monoisotopic (exact) mass is 331 g/mol. The van der Waals surface area contributed by atoms with Crippen LogP contribution in [0.3, 0.4) is 0 Å². The lowest BCUT2D eigenvalue weighted by molar-refractivity contribution is -0.384. The van der Waals surface area contributed by atoms with Crippen LogP contribution in [0.2, 0.25) is 0 Å². The van der Waals surface area contributed by atoms with E-state index in [4.69, 9.17) is 10.3 Å². The number of nitro groups is 1. The summed E-state index contributed by atoms with van der Waals surface area (Å²) in [6.45, 7) is 1.11. The van der Waals surface area contributed by atoms with Crippen molar-refractivity contribution in [2.24, 2.45) is 5.73 Å². The van der Waals surface area contributed by atoms with Crippen LogP contribution in [0.5, 0.6) is 0 Å². The number of carbonyl (C=O) groups excluding carboxylic acids is 1. The van der Waals surface area contributed by atoms with Gasteiger partial charge in [-0.05, 0) is 31.5 Å². The summed E-state index contributed by atoms with van der Waals surface area (Å²) in [5.41, 5.74) is 6.07. The van der Waals surface area contributed by atoms with E-state index in [2.05, 4.69) is 10.1 Å². The molecule has 0 spiro atoms. The number of piperidine rings is 1. The number of hydrogen-bond acceptors (Lipinski definition) is 7. The molecule has 1 unspecified atom stereocenters. The molecule has 3 rings (SSSR count). The summed E-state index contributed by atoms with van der Waals surface area (Å²) in [5, 5.41) is 14.6. The molecule has 2 heterocycles. The fourth-order valence-corrected chi connectivity index (χ4v) is 2.84. The second-order valence-electron chi connectivity index (χ2n) is 5.70. The molecule has 2 aromatic rings. The van der Waals surface area contributed by atoms with E-state index >= 15 is 0 Å². The molecule has 0 bridgehead atoms. The molecular weight excluding hydrogens is 314 g/mol. The average Bonchev–Trinajstić information content (AvgIpc) is 3.04. The molecule has 0 radical (unpaired) electrons. The molecule has 1 aliphatic heterocycles. The SMILES string of the molecule is NC(=O)C1CCCCN1Cc1nc(-c2ccc([N+](=O)[O-])cc2)no1. The zero-order chi connectivity index (χ0) is 17.1. The molecule has 1 atom stereocenters. The van der Waals surface area contributed by atoms with E-state index in [-0.39, 0.29) is 17.6 Å². The molecule has 1 aromatic carbocycles. The van der Waals surface area contributed by atoms with Crippen molar-refractivity contribution < 1.29 is 14.2 Å². The van der Waals surface area contributed by atoms with E-state index in [9.17, 15) is 14.9 Å². The van der Waals surface area contributed by atoms with Gasteiger partial charge in [0.2, 0.25) is 17.6 Å². The number of primary amides is 1. The number of nitrogens with zero attached hydrogens (tertiary/aromatic N) is 4. The Morgan fingerprint density at radius 2 is 2.12 bits per heavy atom. The molecule has 2 N–H and O–H groups in total. The van der Waals surface area contributed by atoms with Gasteiger partial charge >= 0.3 is 0 Å². The van der Waals surface area contributed by atoms with Crippen LogP contribution in [0.4, 0.5) is 5.69 Å². The predicted octanol–water partition coefficient (Wildman–Crippen LogP) is 1.48. The van der Waals surface area contributed by atoms with Crippen LogP contribution in [0.15, 0.2) is 28.8 Å². The number of aromatic nitrogens is 2. The maximum atomic E-state index is 11.5. The number of likely N-dealkylation sites (tertiary alicyclic amines) is 1. The number of carbonyl (C=O) groups is 1. The standard InChI is InChI=1S/C15H17N5O4/c16-14(21)12-3-1-2-8-19(12)9-13-17-15(18-24-13)10-4-6-11(7-5-10)20(22)23/h4-7,12H,1-3,8-9H2,(H2,16,21). The third-order valence-corrected chi connectivity index (χ3v) is 4.08. The van der Waals surface area contributed by atoms with Gasteiger partial charge in [0.15, 0.2) is 0 Å². The maximum absolute atomic E-state index is 11.5. The summed E-state index contributed by atoms with van der Waals surface area (Å²) in [4.78, 5) is 28.0. The van der Waals surface area contributed by atoms with Gasteiger partial charge in [-0.25, -0.2) is 0 Å². The van der Waals surface area contributed by atoms with Crippen molar-refractivity contribution >= 4 is 11.6 Å². The molecular formula is C15H17N5O4. The summed E-state index contributed by atoms with van der Waals surface area (Å²) < 4.78 is 5.24. The summed E-state index contributed by atoms with van der Waals surface area (Å²) in [6, 6.07) is 5.60. The average molecular weight is 331 g/mol. The van der Waals surface area contributed by atoms with Gasteiger partial charge in [0.05, 0.1) is 17.5 Å². The highest BCUT2D eigenvalue weighted by atomic mass is 16.6. The third-order valence-electron chi connectivity index (χ3n) is 4.08. The molecule has 1 aliphatic rings. The Kier molecular flexibility index (Phi) is 4.52. The second-order valence-corrected chi connectivity index (χ2v) is 5.70. The van der Waals surface area contributed by atoms with Crippen LogP contribution >= 0.6 is 0 Å². The van der Waals surface area contributed by atoms with Crippen LogP contribution in [0.25, 0.3) is 11.4 Å². The lowest BCUT2D eigenvalue weighted by atomic mass is 10.0. The topological polar surface area (TPSA) is 128 Å². The highest BCUT2D eigenvalue weighted by Crippen LogP contribution is 2.22. The van der Waals surface area contributed by atoms with Crippen molar-refractivity contribution in [3.63, 3.8) is 0 Å². The van der Waals surface area contributed by atoms with Crippen molar-refractivity contribution in [3.8, 4) is 11.4 Å². The fraction of sp³-hybridized carbons (Fsp3) is 0.400. The Labute approximate surface area is 137 Å². The van der Waals surface area contributed by atoms with Gasteiger partial charge < -0.3 is 10.3 Å². The minimum absolute atomic E-state index is 0.0000788. The van der Waals surface area contributed by atoms with Gasteiger partial charge in [0, 0.05) is 17.7 Å². The Morgan fingerprint density at radius 1 is 1.38 bits per heavy atom. The molecule has 1 aromatic heterocycles. The predicted molar refractivity (Wildman–Crippen MR) is 83.6 cm³/mol. The van der Waals surface area contributed by atoms with Gasteiger partial charge in [0.25, 0.3) is 5.69 Å². The van der Waals surface area contributed by atoms with Crippen LogP contribution in [0, 0.1) is 10.1 Å². The Balaban J connectivity index is 1.73. The molecule has 1 fully saturated rings. The molecule has 0 aliphatic carbocycles. The lowest BCUT2D eigenvalue weighted by Crippen LogP contribution is -2.47. The van der Waals surface area contributed by atoms with Gasteiger partial charge in [-0.15, -0.1) is 0 Å². The first-order chi connectivity index (χ1) is 11.5. The summed E-state index contributed by atoms with van der Waals surface area (Å²) in [7, 11) is 0. The molecule has 24 heavy (non-hydrogen) atoms. The first kappa shape index (κ1) is 16.1. The highest BCUT2D eigenvalue weighted by molar-refractivity contribution is 5.79. The van der Waals surface area contributed by atoms with Crippen LogP contribution in [0.1, 0.15) is 25.2 Å². The number of nitro benzene ring substituents is 1. The third kappa shape index (κ3) is 3.40.